The van der Waals surface area contributed by atoms with Crippen molar-refractivity contribution in [2.45, 2.75) is 18.9 Å². The SMILES string of the molecule is O=C(COc1ccc([N+](=O)[O-])cc1)Nc1nnc(C2CCCO2)s1. The second-order valence-electron chi connectivity index (χ2n) is 5.03. The van der Waals surface area contributed by atoms with Crippen molar-refractivity contribution in [3.63, 3.8) is 0 Å². The standard InChI is InChI=1S/C14H14N4O5S/c19-12(8-23-10-5-3-9(4-6-10)18(20)21)15-14-17-16-13(24-14)11-2-1-7-22-11/h3-6,11H,1-2,7-8H2,(H,15,17,19). The minimum Gasteiger partial charge on any atom is -0.484 e. The predicted octanol–water partition coefficient (Wildman–Crippen LogP) is 2.32. The van der Waals surface area contributed by atoms with Gasteiger partial charge in [-0.2, -0.15) is 0 Å². The molecular weight excluding hydrogens is 336 g/mol. The van der Waals surface area contributed by atoms with Crippen LogP contribution < -0.4 is 10.1 Å². The number of hydrogen-bond acceptors (Lipinski definition) is 8. The summed E-state index contributed by atoms with van der Waals surface area (Å²) >= 11 is 1.28. The van der Waals surface area contributed by atoms with E-state index >= 15 is 0 Å². The number of aromatic nitrogens is 2. The van der Waals surface area contributed by atoms with Crippen LogP contribution in [-0.4, -0.2) is 34.2 Å². The fourth-order valence-corrected chi connectivity index (χ4v) is 3.00. The number of rotatable bonds is 6. The molecule has 1 unspecified atom stereocenters. The molecule has 2 heterocycles. The highest BCUT2D eigenvalue weighted by atomic mass is 32.1. The normalized spacial score (nSPS) is 16.8. The van der Waals surface area contributed by atoms with Gasteiger partial charge in [0, 0.05) is 18.7 Å². The molecule has 24 heavy (non-hydrogen) atoms. The lowest BCUT2D eigenvalue weighted by molar-refractivity contribution is -0.384. The number of anilines is 1. The molecule has 3 rings (SSSR count). The lowest BCUT2D eigenvalue weighted by Gasteiger charge is -2.05. The monoisotopic (exact) mass is 350 g/mol. The third-order valence-corrected chi connectivity index (χ3v) is 4.24. The summed E-state index contributed by atoms with van der Waals surface area (Å²) < 4.78 is 10.8. The molecule has 0 aliphatic carbocycles. The molecule has 9 nitrogen and oxygen atoms in total. The maximum atomic E-state index is 11.9. The lowest BCUT2D eigenvalue weighted by atomic mass is 10.2. The van der Waals surface area contributed by atoms with Gasteiger partial charge in [-0.3, -0.25) is 20.2 Å². The Morgan fingerprint density at radius 2 is 2.21 bits per heavy atom. The van der Waals surface area contributed by atoms with Gasteiger partial charge in [0.2, 0.25) is 5.13 Å². The number of nitro benzene ring substituents is 1. The Labute approximate surface area is 140 Å². The van der Waals surface area contributed by atoms with Crippen LogP contribution in [0.2, 0.25) is 0 Å². The molecule has 1 aromatic heterocycles. The van der Waals surface area contributed by atoms with E-state index in [2.05, 4.69) is 15.5 Å². The van der Waals surface area contributed by atoms with Crippen LogP contribution >= 0.6 is 11.3 Å². The first-order valence-electron chi connectivity index (χ1n) is 7.24. The van der Waals surface area contributed by atoms with E-state index in [0.717, 1.165) is 24.5 Å². The molecule has 1 fully saturated rings. The maximum absolute atomic E-state index is 11.9. The molecule has 1 aliphatic rings. The van der Waals surface area contributed by atoms with Crippen LogP contribution in [0, 0.1) is 10.1 Å². The van der Waals surface area contributed by atoms with Gasteiger partial charge in [-0.05, 0) is 25.0 Å². The van der Waals surface area contributed by atoms with Crippen LogP contribution in [0.1, 0.15) is 24.0 Å². The zero-order valence-corrected chi connectivity index (χ0v) is 13.3. The Morgan fingerprint density at radius 1 is 1.42 bits per heavy atom. The first kappa shape index (κ1) is 16.3. The number of amides is 1. The average molecular weight is 350 g/mol. The van der Waals surface area contributed by atoms with Gasteiger partial charge < -0.3 is 9.47 Å². The van der Waals surface area contributed by atoms with Crippen LogP contribution in [0.25, 0.3) is 0 Å². The van der Waals surface area contributed by atoms with E-state index in [1.54, 1.807) is 0 Å². The summed E-state index contributed by atoms with van der Waals surface area (Å²) in [4.78, 5) is 21.9. The third kappa shape index (κ3) is 4.03. The molecule has 1 aliphatic heterocycles. The Hall–Kier alpha value is -2.59. The van der Waals surface area contributed by atoms with E-state index in [-0.39, 0.29) is 24.3 Å². The van der Waals surface area contributed by atoms with Crippen molar-refractivity contribution in [3.8, 4) is 5.75 Å². The lowest BCUT2D eigenvalue weighted by Crippen LogP contribution is -2.20. The molecule has 10 heteroatoms. The summed E-state index contributed by atoms with van der Waals surface area (Å²) in [5.41, 5.74) is -0.0395. The van der Waals surface area contributed by atoms with Crippen molar-refractivity contribution >= 4 is 28.1 Å². The van der Waals surface area contributed by atoms with Gasteiger partial charge >= 0.3 is 0 Å². The molecule has 1 saturated heterocycles. The largest absolute Gasteiger partial charge is 0.484 e. The van der Waals surface area contributed by atoms with Crippen LogP contribution in [0.3, 0.4) is 0 Å². The first-order valence-corrected chi connectivity index (χ1v) is 8.05. The highest BCUT2D eigenvalue weighted by Gasteiger charge is 2.22. The highest BCUT2D eigenvalue weighted by Crippen LogP contribution is 2.31. The Morgan fingerprint density at radius 3 is 2.88 bits per heavy atom. The van der Waals surface area contributed by atoms with E-state index in [1.165, 1.54) is 35.6 Å². The van der Waals surface area contributed by atoms with Gasteiger partial charge in [-0.1, -0.05) is 11.3 Å². The molecule has 1 amide bonds. The number of ether oxygens (including phenoxy) is 2. The molecule has 0 radical (unpaired) electrons. The van der Waals surface area contributed by atoms with Gasteiger partial charge in [0.25, 0.3) is 11.6 Å². The van der Waals surface area contributed by atoms with Crippen molar-refractivity contribution in [2.24, 2.45) is 0 Å². The van der Waals surface area contributed by atoms with E-state index in [1.807, 2.05) is 0 Å². The maximum Gasteiger partial charge on any atom is 0.269 e. The number of benzene rings is 1. The highest BCUT2D eigenvalue weighted by molar-refractivity contribution is 7.15. The third-order valence-electron chi connectivity index (χ3n) is 3.31. The van der Waals surface area contributed by atoms with Crippen molar-refractivity contribution in [1.82, 2.24) is 10.2 Å². The Bertz CT molecular complexity index is 727. The van der Waals surface area contributed by atoms with Crippen molar-refractivity contribution in [3.05, 3.63) is 39.4 Å². The van der Waals surface area contributed by atoms with E-state index in [9.17, 15) is 14.9 Å². The fraction of sp³-hybridized carbons (Fsp3) is 0.357. The van der Waals surface area contributed by atoms with Crippen molar-refractivity contribution in [2.75, 3.05) is 18.5 Å². The number of carbonyl (C=O) groups excluding carboxylic acids is 1. The Balaban J connectivity index is 1.49. The van der Waals surface area contributed by atoms with E-state index < -0.39 is 4.92 Å². The van der Waals surface area contributed by atoms with Crippen LogP contribution in [0.5, 0.6) is 5.75 Å². The quantitative estimate of drug-likeness (QED) is 0.627. The summed E-state index contributed by atoms with van der Waals surface area (Å²) in [6, 6.07) is 5.50. The number of nitrogens with one attached hydrogen (secondary N) is 1. The minimum absolute atomic E-state index is 0.0375. The molecule has 1 atom stereocenters. The number of carbonyl (C=O) groups is 1. The number of hydrogen-bond donors (Lipinski definition) is 1. The van der Waals surface area contributed by atoms with Gasteiger partial charge in [0.15, 0.2) is 6.61 Å². The van der Waals surface area contributed by atoms with Gasteiger partial charge in [0.05, 0.1) is 4.92 Å². The van der Waals surface area contributed by atoms with Crippen molar-refractivity contribution in [1.29, 1.82) is 0 Å². The summed E-state index contributed by atoms with van der Waals surface area (Å²) in [5.74, 6) is -0.0172. The average Bonchev–Trinajstić information content (AvgIpc) is 3.24. The van der Waals surface area contributed by atoms with Gasteiger partial charge in [-0.25, -0.2) is 0 Å². The van der Waals surface area contributed by atoms with Crippen LogP contribution in [-0.2, 0) is 9.53 Å². The molecule has 0 spiro atoms. The van der Waals surface area contributed by atoms with Gasteiger partial charge in [0.1, 0.15) is 16.9 Å². The summed E-state index contributed by atoms with van der Waals surface area (Å²) in [6.07, 6.45) is 1.87. The van der Waals surface area contributed by atoms with Crippen LogP contribution in [0.15, 0.2) is 24.3 Å². The van der Waals surface area contributed by atoms with E-state index in [4.69, 9.17) is 9.47 Å². The van der Waals surface area contributed by atoms with Crippen LogP contribution in [0.4, 0.5) is 10.8 Å². The second kappa shape index (κ2) is 7.32. The number of nitro groups is 1. The molecule has 1 N–H and O–H groups in total. The van der Waals surface area contributed by atoms with Gasteiger partial charge in [-0.15, -0.1) is 10.2 Å². The van der Waals surface area contributed by atoms with E-state index in [0.29, 0.717) is 10.9 Å². The smallest absolute Gasteiger partial charge is 0.269 e. The zero-order chi connectivity index (χ0) is 16.9. The zero-order valence-electron chi connectivity index (χ0n) is 12.5. The molecule has 0 saturated carbocycles. The second-order valence-corrected chi connectivity index (χ2v) is 6.04. The topological polar surface area (TPSA) is 116 Å². The summed E-state index contributed by atoms with van der Waals surface area (Å²) in [5, 5.41) is 22.2. The number of nitrogens with zero attached hydrogens (tertiary/aromatic N) is 3. The minimum atomic E-state index is -0.502. The molecule has 0 bridgehead atoms. The molecule has 126 valence electrons. The molecule has 2 aromatic rings. The molecule has 1 aromatic carbocycles. The molecular formula is C14H14N4O5S. The summed E-state index contributed by atoms with van der Waals surface area (Å²) in [7, 11) is 0. The predicted molar refractivity (Wildman–Crippen MR) is 85.1 cm³/mol. The fourth-order valence-electron chi connectivity index (χ4n) is 2.16. The Kier molecular flexibility index (Phi) is 4.96. The first-order chi connectivity index (χ1) is 11.6. The number of non-ortho nitro benzene ring substituents is 1. The van der Waals surface area contributed by atoms with Crippen molar-refractivity contribution < 1.29 is 19.2 Å². The summed E-state index contributed by atoms with van der Waals surface area (Å²) in [6.45, 7) is 0.488.